The number of ether oxygens (including phenoxy) is 4. The zero-order valence-corrected chi connectivity index (χ0v) is 70.1. The van der Waals surface area contributed by atoms with Crippen LogP contribution in [0, 0.1) is 35.5 Å². The van der Waals surface area contributed by atoms with Crippen LogP contribution in [-0.2, 0) is 95.2 Å². The fourth-order valence-corrected chi connectivity index (χ4v) is 20.4. The van der Waals surface area contributed by atoms with E-state index in [9.17, 15) is 96.7 Å². The Morgan fingerprint density at radius 3 is 2.34 bits per heavy atom. The first kappa shape index (κ1) is 89.5. The lowest BCUT2D eigenvalue weighted by Gasteiger charge is -2.66. The van der Waals surface area contributed by atoms with Gasteiger partial charge in [0, 0.05) is 79.4 Å². The number of benzene rings is 3. The Balaban J connectivity index is 0.670. The average molecular weight is 1730 g/mol. The number of carboxylic acid groups (broad SMARTS) is 2. The van der Waals surface area contributed by atoms with Gasteiger partial charge in [-0.1, -0.05) is 69.4 Å². The fraction of sp³-hybridized carbons (Fsp3) is 0.536. The number of para-hydroxylation sites is 1. The number of aromatic carboxylic acids is 1. The number of aliphatic carboxylic acids is 1. The number of hydrogen-bond acceptors (Lipinski definition) is 26. The van der Waals surface area contributed by atoms with Gasteiger partial charge in [0.05, 0.1) is 79.0 Å². The predicted molar refractivity (Wildman–Crippen MR) is 439 cm³/mol. The second kappa shape index (κ2) is 37.0. The van der Waals surface area contributed by atoms with E-state index < -0.39 is 168 Å². The van der Waals surface area contributed by atoms with Gasteiger partial charge in [0.1, 0.15) is 48.9 Å². The molecule has 5 unspecified atom stereocenters. The number of rotatable bonds is 35. The van der Waals surface area contributed by atoms with Crippen LogP contribution >= 0.6 is 11.3 Å². The fourth-order valence-electron chi connectivity index (χ4n) is 19.2. The molecule has 0 spiro atoms. The minimum absolute atomic E-state index is 0.0181. The van der Waals surface area contributed by atoms with Gasteiger partial charge < -0.3 is 85.3 Å². The van der Waals surface area contributed by atoms with Gasteiger partial charge in [-0.2, -0.15) is 13.5 Å². The Morgan fingerprint density at radius 2 is 1.61 bits per heavy atom. The summed E-state index contributed by atoms with van der Waals surface area (Å²) in [5.41, 5.74) is 4.41. The molecule has 13 rings (SSSR count). The molecule has 3 aliphatic carbocycles. The van der Waals surface area contributed by atoms with Crippen molar-refractivity contribution >= 4 is 108 Å². The molecule has 122 heavy (non-hydrogen) atoms. The summed E-state index contributed by atoms with van der Waals surface area (Å²) in [4.78, 5) is 150. The summed E-state index contributed by atoms with van der Waals surface area (Å²) >= 11 is 1.39. The highest BCUT2D eigenvalue weighted by Crippen LogP contribution is 2.68. The number of anilines is 3. The number of thiazole rings is 1. The molecule has 7 heterocycles. The number of fused-ring (bicyclic) bond motifs is 4. The molecule has 38 heteroatoms. The summed E-state index contributed by atoms with van der Waals surface area (Å²) in [6, 6.07) is 16.4. The van der Waals surface area contributed by atoms with Gasteiger partial charge in [-0.05, 0) is 171 Å². The molecule has 6 aromatic rings. The highest BCUT2D eigenvalue weighted by Gasteiger charge is 2.64. The van der Waals surface area contributed by atoms with Gasteiger partial charge in [-0.15, -0.1) is 0 Å². The minimum atomic E-state index is -4.43. The van der Waals surface area contributed by atoms with Crippen molar-refractivity contribution in [3.63, 3.8) is 0 Å². The number of likely N-dealkylation sites (tertiary alicyclic amines) is 1. The second-order valence-electron chi connectivity index (χ2n) is 34.0. The van der Waals surface area contributed by atoms with Gasteiger partial charge >= 0.3 is 18.0 Å². The predicted octanol–water partition coefficient (Wildman–Crippen LogP) is 4.39. The first-order chi connectivity index (χ1) is 57.9. The number of aliphatic hydroxyl groups is 5. The largest absolute Gasteiger partial charge is 0.479 e. The summed E-state index contributed by atoms with van der Waals surface area (Å²) in [7, 11) is -4.43. The standard InChI is InChI=1S/C84H104N12O24S2/c1-45(2)68(90-65(99)37-94-53(40-117-30-31-122(114,115)116)33-61(77(94)108)96-66(100)20-21-67(96)101)76(107)86-47(4)74(105)87-52-16-14-51(50(32-52)15-18-62-70(102)71(103)72(104)73(120-62)79(111)112)39-118-81(113)92(27-24-54(98)38-97)28-29-119-84-34-46(3)59-22-25-82(6,42-84)41-83(59,43-84)44-95-48(5)57(35-85-95)55-17-19-64(89-69(55)78(109)110)93-26-23-49-10-9-11-56(58(49)36-93)75(106)91-80-88-60-12-7-8-13-63(60)121-80/h7-14,16-17,19-21,32,35,45-47,53-54,59,61-62,68,70-73,97-98,102-104H,15,18,22-31,33-34,36-44H2,1-6H3,(H,86,107)(H,87,105)(H,90,99)(H,109,110)(H,111,112)(H,88,91,106)(H,114,115,116)/t46?,47-,53-,54-,59?,61-,62-,68-,70-,71+,72-,73-,82?,83?,84?/m0/s1. The summed E-state index contributed by atoms with van der Waals surface area (Å²) in [6.07, 6.45) is -2.36. The number of pyridine rings is 1. The van der Waals surface area contributed by atoms with Crippen LogP contribution in [0.15, 0.2) is 91.1 Å². The zero-order chi connectivity index (χ0) is 87.6. The number of imide groups is 1. The van der Waals surface area contributed by atoms with Gasteiger partial charge in [0.15, 0.2) is 16.9 Å². The Hall–Kier alpha value is -10.3. The maximum absolute atomic E-state index is 14.6. The van der Waals surface area contributed by atoms with E-state index in [1.165, 1.54) is 41.4 Å². The van der Waals surface area contributed by atoms with Gasteiger partial charge in [-0.25, -0.2) is 24.4 Å². The minimum Gasteiger partial charge on any atom is -0.479 e. The first-order valence-corrected chi connectivity index (χ1v) is 43.3. The molecule has 656 valence electrons. The number of aryl methyl sites for hydroxylation is 1. The smallest absolute Gasteiger partial charge is 0.410 e. The summed E-state index contributed by atoms with van der Waals surface area (Å²) in [6.45, 7) is 9.71. The highest BCUT2D eigenvalue weighted by molar-refractivity contribution is 7.85. The van der Waals surface area contributed by atoms with E-state index in [2.05, 4.69) is 40.1 Å². The Labute approximate surface area is 707 Å². The van der Waals surface area contributed by atoms with E-state index >= 15 is 0 Å². The van der Waals surface area contributed by atoms with Crippen molar-refractivity contribution in [2.45, 2.75) is 198 Å². The van der Waals surface area contributed by atoms with E-state index in [-0.39, 0.29) is 91.9 Å². The molecule has 12 N–H and O–H groups in total. The van der Waals surface area contributed by atoms with Crippen molar-refractivity contribution in [1.82, 2.24) is 45.1 Å². The maximum Gasteiger partial charge on any atom is 0.410 e. The van der Waals surface area contributed by atoms with E-state index in [0.29, 0.717) is 71.2 Å². The molecular formula is C84H104N12O24S2. The van der Waals surface area contributed by atoms with Crippen LogP contribution < -0.4 is 26.2 Å². The second-order valence-corrected chi connectivity index (χ2v) is 36.6. The summed E-state index contributed by atoms with van der Waals surface area (Å²) in [5.74, 6) is -8.46. The molecule has 3 aromatic carbocycles. The Morgan fingerprint density at radius 1 is 0.852 bits per heavy atom. The highest BCUT2D eigenvalue weighted by atomic mass is 32.2. The molecule has 3 aromatic heterocycles. The quantitative estimate of drug-likeness (QED) is 0.0149. The van der Waals surface area contributed by atoms with Crippen LogP contribution in [0.2, 0.25) is 0 Å². The van der Waals surface area contributed by atoms with Crippen LogP contribution in [0.4, 0.5) is 21.4 Å². The van der Waals surface area contributed by atoms with Crippen LogP contribution in [0.3, 0.4) is 0 Å². The molecular weight excluding hydrogens is 1630 g/mol. The lowest BCUT2D eigenvalue weighted by Crippen LogP contribution is -2.63. The molecule has 5 fully saturated rings. The van der Waals surface area contributed by atoms with Crippen molar-refractivity contribution < 1.29 is 116 Å². The maximum atomic E-state index is 14.6. The first-order valence-electron chi connectivity index (χ1n) is 40.9. The third kappa shape index (κ3) is 19.8. The normalized spacial score (nSPS) is 25.7. The van der Waals surface area contributed by atoms with E-state index in [4.69, 9.17) is 29.0 Å². The SMILES string of the molecule is Cc1c(-c2ccc(N3CCc4cccc(C(=O)Nc5nc6ccccc6s5)c4C3)nc2C(=O)O)cnn1CC12CC3(C)CCC1C(C)CC(OCCN(CC[C@H](O)CO)C(=O)OCc1ccc(NC(=O)[C@H](C)NC(=O)[C@@H](NC(=O)CN4C(=O)[C@@H](N5C(=O)C=CC5=O)C[C@H]4COCCS(=O)(=O)O)C(C)C)cc1CC[C@@H]1O[C@H](C(=O)O)[C@@H](O)[C@H](O)[C@H]1O)(C3)C2. The van der Waals surface area contributed by atoms with Crippen molar-refractivity contribution in [2.24, 2.45) is 28.6 Å². The van der Waals surface area contributed by atoms with Crippen LogP contribution in [0.25, 0.3) is 21.3 Å². The number of nitrogens with zero attached hydrogens (tertiary/aromatic N) is 8. The van der Waals surface area contributed by atoms with E-state index in [1.807, 2.05) is 59.0 Å². The van der Waals surface area contributed by atoms with E-state index in [1.54, 1.807) is 32.2 Å². The number of aliphatic hydroxyl groups excluding tert-OH is 5. The Bertz CT molecular complexity index is 5110. The number of nitrogens with one attached hydrogen (secondary N) is 4. The molecule has 8 amide bonds. The molecule has 36 nitrogen and oxygen atoms in total. The molecule has 7 aliphatic rings. The average Bonchev–Trinajstić information content (AvgIpc) is 0.756. The van der Waals surface area contributed by atoms with Gasteiger partial charge in [0.25, 0.3) is 27.8 Å². The lowest BCUT2D eigenvalue weighted by atomic mass is 9.42. The number of hydrogen-bond donors (Lipinski definition) is 12. The van der Waals surface area contributed by atoms with Crippen molar-refractivity contribution in [3.05, 3.63) is 130 Å². The lowest BCUT2D eigenvalue weighted by molar-refractivity contribution is -0.228. The summed E-state index contributed by atoms with van der Waals surface area (Å²) < 4.78 is 59.1. The van der Waals surface area contributed by atoms with Crippen molar-refractivity contribution in [2.75, 3.05) is 73.9 Å². The summed E-state index contributed by atoms with van der Waals surface area (Å²) in [5, 5.41) is 90.0. The molecule has 3 bridgehead atoms. The van der Waals surface area contributed by atoms with E-state index in [0.717, 1.165) is 81.1 Å². The molecule has 2 saturated heterocycles. The Kier molecular flexibility index (Phi) is 27.2. The van der Waals surface area contributed by atoms with Crippen LogP contribution in [-0.4, -0.2) is 267 Å². The van der Waals surface area contributed by atoms with Gasteiger partial charge in [0.2, 0.25) is 23.6 Å². The number of amides is 8. The van der Waals surface area contributed by atoms with Crippen molar-refractivity contribution in [3.8, 4) is 11.1 Å². The number of carboxylic acids is 2. The van der Waals surface area contributed by atoms with Gasteiger partial charge in [-0.3, -0.25) is 53.0 Å². The van der Waals surface area contributed by atoms with Crippen LogP contribution in [0.1, 0.15) is 141 Å². The van der Waals surface area contributed by atoms with Crippen LogP contribution in [0.5, 0.6) is 0 Å². The third-order valence-corrected chi connectivity index (χ3v) is 26.6. The zero-order valence-electron chi connectivity index (χ0n) is 68.4. The third-order valence-electron chi connectivity index (χ3n) is 25.0. The number of carbonyl (C=O) groups is 10. The molecule has 3 saturated carbocycles. The number of carbonyl (C=O) groups excluding carboxylic acids is 8. The van der Waals surface area contributed by atoms with Crippen molar-refractivity contribution in [1.29, 1.82) is 0 Å². The monoisotopic (exact) mass is 1730 g/mol. The topological polar surface area (TPSA) is 508 Å². The molecule has 0 radical (unpaired) electrons. The molecule has 15 atom stereocenters. The number of aromatic nitrogens is 4. The molecule has 4 aliphatic heterocycles.